The highest BCUT2D eigenvalue weighted by atomic mass is 16.8. The van der Waals surface area contributed by atoms with E-state index >= 15 is 0 Å². The van der Waals surface area contributed by atoms with E-state index in [-0.39, 0.29) is 12.0 Å². The number of hydrogen-bond acceptors (Lipinski definition) is 5. The topological polar surface area (TPSA) is 76.1 Å². The van der Waals surface area contributed by atoms with Crippen molar-refractivity contribution in [2.45, 2.75) is 45.6 Å². The predicted molar refractivity (Wildman–Crippen MR) is 89.9 cm³/mol. The average molecular weight is 335 g/mol. The van der Waals surface area contributed by atoms with Gasteiger partial charge in [0.1, 0.15) is 11.7 Å². The van der Waals surface area contributed by atoms with E-state index in [1.165, 1.54) is 6.92 Å². The van der Waals surface area contributed by atoms with Gasteiger partial charge in [-0.05, 0) is 51.3 Å². The molecule has 0 saturated carbocycles. The van der Waals surface area contributed by atoms with Crippen molar-refractivity contribution in [2.24, 2.45) is 5.92 Å². The molecule has 6 heteroatoms. The highest BCUT2D eigenvalue weighted by Gasteiger charge is 2.35. The zero-order valence-corrected chi connectivity index (χ0v) is 14.6. The first-order chi connectivity index (χ1) is 11.2. The number of carboxylic acids is 1. The van der Waals surface area contributed by atoms with Crippen LogP contribution in [-0.2, 0) is 25.5 Å². The molecule has 0 radical (unpaired) electrons. The second-order valence-electron chi connectivity index (χ2n) is 6.60. The molecule has 1 saturated heterocycles. The van der Waals surface area contributed by atoms with Crippen LogP contribution < -0.4 is 4.90 Å². The third kappa shape index (κ3) is 4.55. The Balaban J connectivity index is 1.95. The summed E-state index contributed by atoms with van der Waals surface area (Å²) >= 11 is 0. The van der Waals surface area contributed by atoms with E-state index < -0.39 is 17.7 Å². The predicted octanol–water partition coefficient (Wildman–Crippen LogP) is 2.45. The van der Waals surface area contributed by atoms with E-state index in [1.807, 2.05) is 50.1 Å². The quantitative estimate of drug-likeness (QED) is 0.772. The van der Waals surface area contributed by atoms with E-state index in [1.54, 1.807) is 0 Å². The van der Waals surface area contributed by atoms with Crippen LogP contribution in [0.5, 0.6) is 0 Å². The highest BCUT2D eigenvalue weighted by Crippen LogP contribution is 2.27. The van der Waals surface area contributed by atoms with Crippen molar-refractivity contribution >= 4 is 17.4 Å². The number of rotatable bonds is 7. The molecule has 0 aromatic heterocycles. The Bertz CT molecular complexity index is 582. The molecule has 24 heavy (non-hydrogen) atoms. The van der Waals surface area contributed by atoms with Crippen molar-refractivity contribution in [2.75, 3.05) is 18.6 Å². The maximum absolute atomic E-state index is 11.3. The Hall–Kier alpha value is -1.92. The molecule has 1 heterocycles. The summed E-state index contributed by atoms with van der Waals surface area (Å²) in [6.07, 6.45) is 0.726. The summed E-state index contributed by atoms with van der Waals surface area (Å²) in [5.41, 5.74) is 2.00. The molecule has 0 spiro atoms. The van der Waals surface area contributed by atoms with Gasteiger partial charge in [0.15, 0.2) is 12.0 Å². The highest BCUT2D eigenvalue weighted by molar-refractivity contribution is 5.96. The van der Waals surface area contributed by atoms with Gasteiger partial charge in [-0.1, -0.05) is 12.1 Å². The summed E-state index contributed by atoms with van der Waals surface area (Å²) in [5, 5.41) is 9.05. The smallest absolute Gasteiger partial charge is 0.314 e. The Kier molecular flexibility index (Phi) is 5.62. The van der Waals surface area contributed by atoms with Crippen LogP contribution in [0, 0.1) is 5.92 Å². The number of aliphatic carboxylic acids is 1. The van der Waals surface area contributed by atoms with Gasteiger partial charge in [-0.2, -0.15) is 0 Å². The SMILES string of the molecule is CC(=O)C(CCc1ccc(N(C)C2COC(C)(C)O2)cc1)C(=O)O. The first-order valence-corrected chi connectivity index (χ1v) is 8.06. The van der Waals surface area contributed by atoms with Crippen molar-refractivity contribution in [3.05, 3.63) is 29.8 Å². The Labute approximate surface area is 142 Å². The molecule has 132 valence electrons. The number of anilines is 1. The van der Waals surface area contributed by atoms with E-state index in [4.69, 9.17) is 14.6 Å². The summed E-state index contributed by atoms with van der Waals surface area (Å²) in [5.74, 6) is -2.87. The number of ketones is 1. The number of nitrogens with zero attached hydrogens (tertiary/aromatic N) is 1. The van der Waals surface area contributed by atoms with Crippen molar-refractivity contribution in [3.8, 4) is 0 Å². The minimum Gasteiger partial charge on any atom is -0.481 e. The molecule has 1 fully saturated rings. The Morgan fingerprint density at radius 3 is 2.42 bits per heavy atom. The molecular formula is C18H25NO5. The van der Waals surface area contributed by atoms with Crippen molar-refractivity contribution in [1.29, 1.82) is 0 Å². The lowest BCUT2D eigenvalue weighted by Gasteiger charge is -2.26. The first-order valence-electron chi connectivity index (χ1n) is 8.06. The summed E-state index contributed by atoms with van der Waals surface area (Å²) < 4.78 is 11.4. The van der Waals surface area contributed by atoms with Gasteiger partial charge >= 0.3 is 5.97 Å². The third-order valence-electron chi connectivity index (χ3n) is 4.28. The Morgan fingerprint density at radius 1 is 1.33 bits per heavy atom. The van der Waals surface area contributed by atoms with Gasteiger partial charge in [0.2, 0.25) is 0 Å². The minimum absolute atomic E-state index is 0.139. The van der Waals surface area contributed by atoms with Crippen LogP contribution in [-0.4, -0.2) is 42.5 Å². The largest absolute Gasteiger partial charge is 0.481 e. The van der Waals surface area contributed by atoms with Gasteiger partial charge in [-0.25, -0.2) is 0 Å². The molecule has 0 bridgehead atoms. The zero-order chi connectivity index (χ0) is 17.9. The number of carboxylic acid groups (broad SMARTS) is 1. The van der Waals surface area contributed by atoms with Gasteiger partial charge in [0, 0.05) is 12.7 Å². The number of likely N-dealkylation sites (N-methyl/N-ethyl adjacent to an activating group) is 1. The number of hydrogen-bond donors (Lipinski definition) is 1. The van der Waals surface area contributed by atoms with Crippen molar-refractivity contribution in [1.82, 2.24) is 0 Å². The summed E-state index contributed by atoms with van der Waals surface area (Å²) in [7, 11) is 1.95. The fraction of sp³-hybridized carbons (Fsp3) is 0.556. The van der Waals surface area contributed by atoms with E-state index in [2.05, 4.69) is 0 Å². The molecular weight excluding hydrogens is 310 g/mol. The molecule has 6 nitrogen and oxygen atoms in total. The maximum Gasteiger partial charge on any atom is 0.314 e. The van der Waals surface area contributed by atoms with Crippen molar-refractivity contribution < 1.29 is 24.2 Å². The van der Waals surface area contributed by atoms with Crippen LogP contribution in [0.1, 0.15) is 32.8 Å². The first kappa shape index (κ1) is 18.4. The molecule has 0 aliphatic carbocycles. The van der Waals surface area contributed by atoms with Gasteiger partial charge in [-0.15, -0.1) is 0 Å². The molecule has 1 aromatic rings. The van der Waals surface area contributed by atoms with Gasteiger partial charge in [0.25, 0.3) is 0 Å². The van der Waals surface area contributed by atoms with Crippen LogP contribution >= 0.6 is 0 Å². The lowest BCUT2D eigenvalue weighted by atomic mass is 9.96. The van der Waals surface area contributed by atoms with Crippen LogP contribution in [0.15, 0.2) is 24.3 Å². The monoisotopic (exact) mass is 335 g/mol. The summed E-state index contributed by atoms with van der Waals surface area (Å²) in [6.45, 7) is 5.60. The zero-order valence-electron chi connectivity index (χ0n) is 14.6. The fourth-order valence-corrected chi connectivity index (χ4v) is 2.73. The summed E-state index contributed by atoms with van der Waals surface area (Å²) in [6, 6.07) is 7.83. The van der Waals surface area contributed by atoms with E-state index in [9.17, 15) is 9.59 Å². The number of Topliss-reactive ketones (excluding diaryl/α,β-unsaturated/α-hetero) is 1. The van der Waals surface area contributed by atoms with E-state index in [0.717, 1.165) is 11.3 Å². The molecule has 0 amide bonds. The number of benzene rings is 1. The third-order valence-corrected chi connectivity index (χ3v) is 4.28. The van der Waals surface area contributed by atoms with Gasteiger partial charge in [0.05, 0.1) is 6.61 Å². The maximum atomic E-state index is 11.3. The van der Waals surface area contributed by atoms with Gasteiger partial charge < -0.3 is 19.5 Å². The average Bonchev–Trinajstić information content (AvgIpc) is 2.87. The second-order valence-corrected chi connectivity index (χ2v) is 6.60. The molecule has 2 rings (SSSR count). The number of aryl methyl sites for hydroxylation is 1. The normalized spacial score (nSPS) is 20.6. The number of ether oxygens (including phenoxy) is 2. The molecule has 1 aliphatic rings. The van der Waals surface area contributed by atoms with Crippen LogP contribution in [0.4, 0.5) is 5.69 Å². The molecule has 1 N–H and O–H groups in total. The molecule has 2 atom stereocenters. The summed E-state index contributed by atoms with van der Waals surface area (Å²) in [4.78, 5) is 24.4. The van der Waals surface area contributed by atoms with Crippen LogP contribution in [0.2, 0.25) is 0 Å². The molecule has 2 unspecified atom stereocenters. The molecule has 1 aliphatic heterocycles. The minimum atomic E-state index is -1.06. The van der Waals surface area contributed by atoms with E-state index in [0.29, 0.717) is 19.4 Å². The lowest BCUT2D eigenvalue weighted by Crippen LogP contribution is -2.35. The van der Waals surface area contributed by atoms with Crippen LogP contribution in [0.25, 0.3) is 0 Å². The molecule has 1 aromatic carbocycles. The standard InChI is InChI=1S/C18H25NO5/c1-12(20)15(17(21)22)10-7-13-5-8-14(9-6-13)19(4)16-11-23-18(2,3)24-16/h5-6,8-9,15-16H,7,10-11H2,1-4H3,(H,21,22). The lowest BCUT2D eigenvalue weighted by molar-refractivity contribution is -0.146. The number of carbonyl (C=O) groups is 2. The van der Waals surface area contributed by atoms with Crippen molar-refractivity contribution in [3.63, 3.8) is 0 Å². The number of carbonyl (C=O) groups excluding carboxylic acids is 1. The van der Waals surface area contributed by atoms with Crippen LogP contribution in [0.3, 0.4) is 0 Å². The Morgan fingerprint density at radius 2 is 1.96 bits per heavy atom. The van der Waals surface area contributed by atoms with Gasteiger partial charge in [-0.3, -0.25) is 9.59 Å². The second kappa shape index (κ2) is 7.32. The fourth-order valence-electron chi connectivity index (χ4n) is 2.73.